The molecule has 6 heteroatoms. The molecule has 2 rings (SSSR count). The zero-order valence-corrected chi connectivity index (χ0v) is 12.4. The lowest BCUT2D eigenvalue weighted by molar-refractivity contribution is 0.266. The molecule has 0 radical (unpaired) electrons. The van der Waals surface area contributed by atoms with E-state index in [2.05, 4.69) is 20.9 Å². The third-order valence-electron chi connectivity index (χ3n) is 2.87. The number of aromatic nitrogens is 1. The van der Waals surface area contributed by atoms with Crippen molar-refractivity contribution in [1.29, 1.82) is 0 Å². The molecule has 0 fully saturated rings. The molecule has 4 nitrogen and oxygen atoms in total. The highest BCUT2D eigenvalue weighted by molar-refractivity contribution is 9.10. The van der Waals surface area contributed by atoms with Crippen LogP contribution in [0.2, 0.25) is 0 Å². The number of aliphatic hydroxyl groups is 1. The second-order valence-corrected chi connectivity index (χ2v) is 5.06. The van der Waals surface area contributed by atoms with Gasteiger partial charge in [-0.1, -0.05) is 0 Å². The molecule has 0 saturated heterocycles. The smallest absolute Gasteiger partial charge is 0.145 e. The standard InChI is InChI=1S/C14H14BrFN2O2/c1-20-13-5-4-12(11(17)7-19)18-14(13)8-2-3-10(16)9(15)6-8/h2-6,11,19H,7,17H2,1H3. The van der Waals surface area contributed by atoms with E-state index in [1.54, 1.807) is 24.3 Å². The molecular formula is C14H14BrFN2O2. The lowest BCUT2D eigenvalue weighted by Crippen LogP contribution is -2.16. The molecule has 0 spiro atoms. The number of pyridine rings is 1. The summed E-state index contributed by atoms with van der Waals surface area (Å²) in [6, 6.07) is 7.43. The molecular weight excluding hydrogens is 327 g/mol. The van der Waals surface area contributed by atoms with E-state index in [-0.39, 0.29) is 12.4 Å². The van der Waals surface area contributed by atoms with Crippen LogP contribution in [0.1, 0.15) is 11.7 Å². The minimum atomic E-state index is -0.566. The van der Waals surface area contributed by atoms with Crippen LogP contribution in [-0.4, -0.2) is 23.8 Å². The number of hydrogen-bond donors (Lipinski definition) is 2. The lowest BCUT2D eigenvalue weighted by atomic mass is 10.1. The van der Waals surface area contributed by atoms with Crippen molar-refractivity contribution < 1.29 is 14.2 Å². The first-order valence-corrected chi connectivity index (χ1v) is 6.73. The number of nitrogens with two attached hydrogens (primary N) is 1. The van der Waals surface area contributed by atoms with Gasteiger partial charge in [-0.05, 0) is 46.3 Å². The predicted molar refractivity (Wildman–Crippen MR) is 77.9 cm³/mol. The molecule has 0 bridgehead atoms. The number of benzene rings is 1. The van der Waals surface area contributed by atoms with Crippen LogP contribution in [-0.2, 0) is 0 Å². The summed E-state index contributed by atoms with van der Waals surface area (Å²) in [6.07, 6.45) is 0. The molecule has 0 saturated carbocycles. The number of halogens is 2. The highest BCUT2D eigenvalue weighted by Crippen LogP contribution is 2.31. The fourth-order valence-electron chi connectivity index (χ4n) is 1.78. The van der Waals surface area contributed by atoms with E-state index in [1.165, 1.54) is 13.2 Å². The maximum atomic E-state index is 13.3. The van der Waals surface area contributed by atoms with Crippen LogP contribution in [0.15, 0.2) is 34.8 Å². The minimum absolute atomic E-state index is 0.202. The van der Waals surface area contributed by atoms with Crippen molar-refractivity contribution in [3.8, 4) is 17.0 Å². The van der Waals surface area contributed by atoms with Gasteiger partial charge in [0.2, 0.25) is 0 Å². The highest BCUT2D eigenvalue weighted by atomic mass is 79.9. The summed E-state index contributed by atoms with van der Waals surface area (Å²) < 4.78 is 18.9. The number of nitrogens with zero attached hydrogens (tertiary/aromatic N) is 1. The van der Waals surface area contributed by atoms with Crippen molar-refractivity contribution in [3.63, 3.8) is 0 Å². The zero-order chi connectivity index (χ0) is 14.7. The van der Waals surface area contributed by atoms with Gasteiger partial charge in [0, 0.05) is 5.56 Å². The Morgan fingerprint density at radius 3 is 2.75 bits per heavy atom. The Bertz CT molecular complexity index is 622. The summed E-state index contributed by atoms with van der Waals surface area (Å²) >= 11 is 3.14. The number of hydrogen-bond acceptors (Lipinski definition) is 4. The SMILES string of the molecule is COc1ccc(C(N)CO)nc1-c1ccc(F)c(Br)c1. The largest absolute Gasteiger partial charge is 0.494 e. The van der Waals surface area contributed by atoms with Crippen molar-refractivity contribution in [2.45, 2.75) is 6.04 Å². The Hall–Kier alpha value is -1.50. The molecule has 1 aromatic heterocycles. The Kier molecular flexibility index (Phi) is 4.69. The number of ether oxygens (including phenoxy) is 1. The van der Waals surface area contributed by atoms with Gasteiger partial charge in [-0.15, -0.1) is 0 Å². The predicted octanol–water partition coefficient (Wildman–Crippen LogP) is 2.65. The number of aliphatic hydroxyl groups excluding tert-OH is 1. The monoisotopic (exact) mass is 340 g/mol. The Labute approximate surface area is 124 Å². The van der Waals surface area contributed by atoms with Gasteiger partial charge in [-0.2, -0.15) is 0 Å². The van der Waals surface area contributed by atoms with Crippen LogP contribution in [0, 0.1) is 5.82 Å². The van der Waals surface area contributed by atoms with Crippen LogP contribution >= 0.6 is 15.9 Å². The molecule has 106 valence electrons. The third kappa shape index (κ3) is 2.98. The zero-order valence-electron chi connectivity index (χ0n) is 10.8. The summed E-state index contributed by atoms with van der Waals surface area (Å²) in [5, 5.41) is 9.10. The second kappa shape index (κ2) is 6.30. The molecule has 2 aromatic rings. The van der Waals surface area contributed by atoms with E-state index in [0.717, 1.165) is 0 Å². The first-order chi connectivity index (χ1) is 9.56. The van der Waals surface area contributed by atoms with Gasteiger partial charge in [0.1, 0.15) is 17.3 Å². The summed E-state index contributed by atoms with van der Waals surface area (Å²) in [4.78, 5) is 4.40. The Balaban J connectivity index is 2.54. The van der Waals surface area contributed by atoms with Gasteiger partial charge in [-0.25, -0.2) is 9.37 Å². The van der Waals surface area contributed by atoms with Crippen molar-refractivity contribution in [1.82, 2.24) is 4.98 Å². The molecule has 1 atom stereocenters. The van der Waals surface area contributed by atoms with Crippen LogP contribution in [0.5, 0.6) is 5.75 Å². The molecule has 0 aliphatic rings. The van der Waals surface area contributed by atoms with Gasteiger partial charge in [0.15, 0.2) is 0 Å². The van der Waals surface area contributed by atoms with Crippen LogP contribution in [0.25, 0.3) is 11.3 Å². The molecule has 1 unspecified atom stereocenters. The first-order valence-electron chi connectivity index (χ1n) is 5.93. The van der Waals surface area contributed by atoms with E-state index in [9.17, 15) is 4.39 Å². The van der Waals surface area contributed by atoms with Gasteiger partial charge in [0.05, 0.1) is 29.9 Å². The normalized spacial score (nSPS) is 12.2. The average molecular weight is 341 g/mol. The highest BCUT2D eigenvalue weighted by Gasteiger charge is 2.14. The van der Waals surface area contributed by atoms with E-state index in [4.69, 9.17) is 15.6 Å². The van der Waals surface area contributed by atoms with Gasteiger partial charge < -0.3 is 15.6 Å². The van der Waals surface area contributed by atoms with Gasteiger partial charge in [-0.3, -0.25) is 0 Å². The summed E-state index contributed by atoms with van der Waals surface area (Å²) in [7, 11) is 1.53. The van der Waals surface area contributed by atoms with E-state index >= 15 is 0 Å². The minimum Gasteiger partial charge on any atom is -0.494 e. The molecule has 0 aliphatic heterocycles. The van der Waals surface area contributed by atoms with Crippen molar-refractivity contribution in [3.05, 3.63) is 46.3 Å². The first kappa shape index (κ1) is 14.9. The van der Waals surface area contributed by atoms with Crippen LogP contribution < -0.4 is 10.5 Å². The summed E-state index contributed by atoms with van der Waals surface area (Å²) in [5.74, 6) is 0.202. The Morgan fingerprint density at radius 1 is 1.40 bits per heavy atom. The number of rotatable bonds is 4. The van der Waals surface area contributed by atoms with Gasteiger partial charge in [0.25, 0.3) is 0 Å². The van der Waals surface area contributed by atoms with Gasteiger partial charge >= 0.3 is 0 Å². The number of methoxy groups -OCH3 is 1. The fourth-order valence-corrected chi connectivity index (χ4v) is 2.16. The van der Waals surface area contributed by atoms with Crippen LogP contribution in [0.4, 0.5) is 4.39 Å². The maximum absolute atomic E-state index is 13.3. The van der Waals surface area contributed by atoms with Crippen LogP contribution in [0.3, 0.4) is 0 Å². The quantitative estimate of drug-likeness (QED) is 0.897. The lowest BCUT2D eigenvalue weighted by Gasteiger charge is -2.13. The van der Waals surface area contributed by atoms with E-state index < -0.39 is 6.04 Å². The fraction of sp³-hybridized carbons (Fsp3) is 0.214. The molecule has 3 N–H and O–H groups in total. The Morgan fingerprint density at radius 2 is 2.15 bits per heavy atom. The molecule has 1 aromatic carbocycles. The second-order valence-electron chi connectivity index (χ2n) is 4.20. The molecule has 0 amide bonds. The summed E-state index contributed by atoms with van der Waals surface area (Å²) in [5.41, 5.74) is 7.56. The average Bonchev–Trinajstić information content (AvgIpc) is 2.48. The van der Waals surface area contributed by atoms with Crippen molar-refractivity contribution in [2.75, 3.05) is 13.7 Å². The van der Waals surface area contributed by atoms with Crippen molar-refractivity contribution in [2.24, 2.45) is 5.73 Å². The van der Waals surface area contributed by atoms with E-state index in [1.807, 2.05) is 0 Å². The van der Waals surface area contributed by atoms with E-state index in [0.29, 0.717) is 27.2 Å². The summed E-state index contributed by atoms with van der Waals surface area (Å²) in [6.45, 7) is -0.202. The molecule has 20 heavy (non-hydrogen) atoms. The van der Waals surface area contributed by atoms with Crippen molar-refractivity contribution >= 4 is 15.9 Å². The molecule has 1 heterocycles. The topological polar surface area (TPSA) is 68.4 Å². The molecule has 0 aliphatic carbocycles. The maximum Gasteiger partial charge on any atom is 0.145 e. The third-order valence-corrected chi connectivity index (χ3v) is 3.48.